The van der Waals surface area contributed by atoms with Crippen LogP contribution in [0.1, 0.15) is 50.3 Å². The molecule has 0 bridgehead atoms. The highest BCUT2D eigenvalue weighted by atomic mass is 16.2. The normalized spacial score (nSPS) is 19.8. The van der Waals surface area contributed by atoms with E-state index in [9.17, 15) is 14.4 Å². The fourth-order valence-electron chi connectivity index (χ4n) is 3.71. The Morgan fingerprint density at radius 1 is 1.08 bits per heavy atom. The summed E-state index contributed by atoms with van der Waals surface area (Å²) in [7, 11) is 0. The van der Waals surface area contributed by atoms with Crippen molar-refractivity contribution in [3.63, 3.8) is 0 Å². The Kier molecular flexibility index (Phi) is 5.40. The lowest BCUT2D eigenvalue weighted by atomic mass is 9.93. The summed E-state index contributed by atoms with van der Waals surface area (Å²) in [6.45, 7) is 4.44. The van der Waals surface area contributed by atoms with E-state index < -0.39 is 0 Å². The van der Waals surface area contributed by atoms with Gasteiger partial charge < -0.3 is 15.1 Å². The molecule has 1 atom stereocenters. The van der Waals surface area contributed by atoms with Crippen LogP contribution in [0.4, 0.5) is 0 Å². The molecule has 1 aromatic carbocycles. The van der Waals surface area contributed by atoms with Gasteiger partial charge in [0.05, 0.1) is 12.5 Å². The minimum absolute atomic E-state index is 0.0624. The smallest absolute Gasteiger partial charge is 0.223 e. The number of carbonyl (C=O) groups excluding carboxylic acids is 3. The third kappa shape index (κ3) is 3.95. The van der Waals surface area contributed by atoms with Gasteiger partial charge in [0.25, 0.3) is 0 Å². The highest BCUT2D eigenvalue weighted by molar-refractivity contribution is 5.82. The van der Waals surface area contributed by atoms with Crippen molar-refractivity contribution < 1.29 is 14.4 Å². The minimum atomic E-state index is -0.286. The first kappa shape index (κ1) is 18.2. The van der Waals surface area contributed by atoms with Crippen molar-refractivity contribution in [3.05, 3.63) is 41.6 Å². The van der Waals surface area contributed by atoms with Crippen LogP contribution in [0.15, 0.2) is 30.5 Å². The molecule has 6 nitrogen and oxygen atoms in total. The van der Waals surface area contributed by atoms with E-state index >= 15 is 0 Å². The van der Waals surface area contributed by atoms with Crippen LogP contribution in [0.5, 0.6) is 0 Å². The fourth-order valence-corrected chi connectivity index (χ4v) is 3.71. The summed E-state index contributed by atoms with van der Waals surface area (Å²) in [5.74, 6) is -0.0616. The zero-order valence-corrected chi connectivity index (χ0v) is 15.3. The summed E-state index contributed by atoms with van der Waals surface area (Å²) in [5.41, 5.74) is 2.03. The van der Waals surface area contributed by atoms with Crippen LogP contribution in [-0.4, -0.2) is 46.7 Å². The molecule has 138 valence electrons. The van der Waals surface area contributed by atoms with Gasteiger partial charge in [-0.25, -0.2) is 0 Å². The number of hydrogen-bond donors (Lipinski definition) is 1. The van der Waals surface area contributed by atoms with Crippen LogP contribution >= 0.6 is 0 Å². The Bertz CT molecular complexity index is 736. The van der Waals surface area contributed by atoms with Crippen molar-refractivity contribution in [1.82, 2.24) is 15.1 Å². The van der Waals surface area contributed by atoms with Crippen LogP contribution in [0, 0.1) is 0 Å². The summed E-state index contributed by atoms with van der Waals surface area (Å²) in [6.07, 6.45) is 5.43. The topological polar surface area (TPSA) is 69.7 Å². The van der Waals surface area contributed by atoms with Gasteiger partial charge >= 0.3 is 0 Å². The number of benzene rings is 1. The molecule has 0 aromatic heterocycles. The Morgan fingerprint density at radius 2 is 1.77 bits per heavy atom. The first-order valence-electron chi connectivity index (χ1n) is 9.06. The third-order valence-electron chi connectivity index (χ3n) is 5.15. The van der Waals surface area contributed by atoms with Gasteiger partial charge in [0.1, 0.15) is 0 Å². The van der Waals surface area contributed by atoms with E-state index in [2.05, 4.69) is 5.32 Å². The van der Waals surface area contributed by atoms with Gasteiger partial charge in [-0.15, -0.1) is 0 Å². The monoisotopic (exact) mass is 355 g/mol. The highest BCUT2D eigenvalue weighted by Gasteiger charge is 2.29. The first-order valence-corrected chi connectivity index (χ1v) is 9.06. The summed E-state index contributed by atoms with van der Waals surface area (Å²) < 4.78 is 0. The van der Waals surface area contributed by atoms with Crippen LogP contribution in [0.2, 0.25) is 0 Å². The molecule has 0 radical (unpaired) electrons. The standard InChI is InChI=1S/C20H25N3O3/c1-14(24)22-10-8-17(9-11-22)21-20(26)13-19-18-6-4-3-5-16(18)7-12-23(19)15(2)25/h3-7,12,17,19H,8-11,13H2,1-2H3,(H,21,26)/t19-/m1/s1. The average Bonchev–Trinajstić information content (AvgIpc) is 2.62. The summed E-state index contributed by atoms with van der Waals surface area (Å²) in [6, 6.07) is 7.64. The largest absolute Gasteiger partial charge is 0.353 e. The number of rotatable bonds is 3. The molecule has 1 aromatic rings. The molecule has 1 fully saturated rings. The SMILES string of the molecule is CC(=O)N1CCC(NC(=O)C[C@@H]2c3ccccc3C=CN2C(C)=O)CC1. The Labute approximate surface area is 153 Å². The summed E-state index contributed by atoms with van der Waals surface area (Å²) >= 11 is 0. The van der Waals surface area contributed by atoms with E-state index in [-0.39, 0.29) is 36.2 Å². The van der Waals surface area contributed by atoms with Crippen LogP contribution in [0.3, 0.4) is 0 Å². The maximum Gasteiger partial charge on any atom is 0.223 e. The maximum atomic E-state index is 12.6. The van der Waals surface area contributed by atoms with Gasteiger partial charge in [-0.2, -0.15) is 0 Å². The van der Waals surface area contributed by atoms with Gasteiger partial charge in [0, 0.05) is 39.2 Å². The Balaban J connectivity index is 1.65. The second-order valence-electron chi connectivity index (χ2n) is 6.94. The molecule has 1 saturated heterocycles. The molecule has 2 aliphatic rings. The van der Waals surface area contributed by atoms with Crippen molar-refractivity contribution in [2.75, 3.05) is 13.1 Å². The molecule has 0 spiro atoms. The Morgan fingerprint density at radius 3 is 2.42 bits per heavy atom. The molecule has 2 heterocycles. The lowest BCUT2D eigenvalue weighted by molar-refractivity contribution is -0.130. The van der Waals surface area contributed by atoms with E-state index in [1.165, 1.54) is 6.92 Å². The summed E-state index contributed by atoms with van der Waals surface area (Å²) in [4.78, 5) is 39.5. The van der Waals surface area contributed by atoms with Crippen LogP contribution in [-0.2, 0) is 14.4 Å². The minimum Gasteiger partial charge on any atom is -0.353 e. The first-order chi connectivity index (χ1) is 12.5. The molecule has 3 amide bonds. The molecule has 26 heavy (non-hydrogen) atoms. The van der Waals surface area contributed by atoms with Crippen molar-refractivity contribution in [2.24, 2.45) is 0 Å². The van der Waals surface area contributed by atoms with Gasteiger partial charge in [-0.05, 0) is 30.0 Å². The van der Waals surface area contributed by atoms with E-state index in [1.54, 1.807) is 18.0 Å². The number of hydrogen-bond acceptors (Lipinski definition) is 3. The van der Waals surface area contributed by atoms with Gasteiger partial charge in [-0.1, -0.05) is 24.3 Å². The zero-order valence-electron chi connectivity index (χ0n) is 15.3. The van der Waals surface area contributed by atoms with Crippen LogP contribution in [0.25, 0.3) is 6.08 Å². The molecule has 2 aliphatic heterocycles. The predicted molar refractivity (Wildman–Crippen MR) is 98.8 cm³/mol. The highest BCUT2D eigenvalue weighted by Crippen LogP contribution is 2.32. The van der Waals surface area contributed by atoms with Crippen molar-refractivity contribution in [1.29, 1.82) is 0 Å². The van der Waals surface area contributed by atoms with Crippen molar-refractivity contribution >= 4 is 23.8 Å². The lowest BCUT2D eigenvalue weighted by Gasteiger charge is -2.34. The number of likely N-dealkylation sites (tertiary alicyclic amines) is 1. The van der Waals surface area contributed by atoms with E-state index in [4.69, 9.17) is 0 Å². The molecule has 3 rings (SSSR count). The predicted octanol–water partition coefficient (Wildman–Crippen LogP) is 2.08. The molecule has 0 aliphatic carbocycles. The maximum absolute atomic E-state index is 12.6. The number of nitrogens with zero attached hydrogens (tertiary/aromatic N) is 2. The average molecular weight is 355 g/mol. The van der Waals surface area contributed by atoms with E-state index in [0.717, 1.165) is 24.0 Å². The molecule has 0 unspecified atom stereocenters. The van der Waals surface area contributed by atoms with E-state index in [0.29, 0.717) is 13.1 Å². The van der Waals surface area contributed by atoms with Gasteiger partial charge in [0.2, 0.25) is 17.7 Å². The molecular weight excluding hydrogens is 330 g/mol. The third-order valence-corrected chi connectivity index (χ3v) is 5.15. The molecule has 0 saturated carbocycles. The molecule has 6 heteroatoms. The van der Waals surface area contributed by atoms with Gasteiger partial charge in [-0.3, -0.25) is 14.4 Å². The number of amides is 3. The Hall–Kier alpha value is -2.63. The fraction of sp³-hybridized carbons (Fsp3) is 0.450. The zero-order chi connectivity index (χ0) is 18.7. The summed E-state index contributed by atoms with van der Waals surface area (Å²) in [5, 5.41) is 3.08. The number of fused-ring (bicyclic) bond motifs is 1. The number of piperidine rings is 1. The van der Waals surface area contributed by atoms with E-state index in [1.807, 2.05) is 35.2 Å². The second kappa shape index (κ2) is 7.72. The lowest BCUT2D eigenvalue weighted by Crippen LogP contribution is -2.46. The van der Waals surface area contributed by atoms with Gasteiger partial charge in [0.15, 0.2) is 0 Å². The van der Waals surface area contributed by atoms with Crippen LogP contribution < -0.4 is 5.32 Å². The quantitative estimate of drug-likeness (QED) is 0.902. The van der Waals surface area contributed by atoms with Crippen molar-refractivity contribution in [2.45, 2.75) is 45.2 Å². The van der Waals surface area contributed by atoms with Crippen molar-refractivity contribution in [3.8, 4) is 0 Å². The molecular formula is C20H25N3O3. The number of carbonyl (C=O) groups is 3. The molecule has 1 N–H and O–H groups in total. The number of nitrogens with one attached hydrogen (secondary N) is 1. The second-order valence-corrected chi connectivity index (χ2v) is 6.94.